The zero-order valence-corrected chi connectivity index (χ0v) is 9.92. The maximum absolute atomic E-state index is 11.4. The predicted molar refractivity (Wildman–Crippen MR) is 60.9 cm³/mol. The van der Waals surface area contributed by atoms with Gasteiger partial charge in [-0.3, -0.25) is 4.79 Å². The lowest BCUT2D eigenvalue weighted by Crippen LogP contribution is -2.34. The zero-order chi connectivity index (χ0) is 11.1. The van der Waals surface area contributed by atoms with E-state index in [0.717, 1.165) is 25.2 Å². The van der Waals surface area contributed by atoms with Gasteiger partial charge in [-0.15, -0.1) is 0 Å². The fourth-order valence-electron chi connectivity index (χ4n) is 1.42. The van der Waals surface area contributed by atoms with E-state index in [2.05, 4.69) is 0 Å². The smallest absolute Gasteiger partial charge is 0.323 e. The Morgan fingerprint density at radius 3 is 3.13 bits per heavy atom. The monoisotopic (exact) mass is 233 g/mol. The minimum absolute atomic E-state index is 0.0849. The third-order valence-electron chi connectivity index (χ3n) is 2.37. The molecule has 2 N–H and O–H groups in total. The molecule has 0 saturated carbocycles. The van der Waals surface area contributed by atoms with E-state index in [4.69, 9.17) is 15.2 Å². The second kappa shape index (κ2) is 7.09. The predicted octanol–water partition coefficient (Wildman–Crippen LogP) is 0.789. The summed E-state index contributed by atoms with van der Waals surface area (Å²) in [6.45, 7) is 1.13. The third-order valence-corrected chi connectivity index (χ3v) is 3.02. The highest BCUT2D eigenvalue weighted by Gasteiger charge is 2.20. The Kier molecular flexibility index (Phi) is 6.05. The number of hydrogen-bond donors (Lipinski definition) is 1. The molecule has 1 saturated heterocycles. The van der Waals surface area contributed by atoms with Crippen LogP contribution in [0.15, 0.2) is 0 Å². The van der Waals surface area contributed by atoms with E-state index in [0.29, 0.717) is 13.0 Å². The molecule has 0 aromatic carbocycles. The topological polar surface area (TPSA) is 61.6 Å². The highest BCUT2D eigenvalue weighted by Crippen LogP contribution is 2.12. The second-order valence-corrected chi connectivity index (χ2v) is 4.64. The van der Waals surface area contributed by atoms with Crippen LogP contribution in [-0.2, 0) is 14.3 Å². The lowest BCUT2D eigenvalue weighted by atomic mass is 10.2. The largest absolute Gasteiger partial charge is 0.462 e. The summed E-state index contributed by atoms with van der Waals surface area (Å²) in [5, 5.41) is 0. The van der Waals surface area contributed by atoms with Crippen molar-refractivity contribution < 1.29 is 14.3 Å². The van der Waals surface area contributed by atoms with E-state index in [1.54, 1.807) is 11.8 Å². The molecule has 2 atom stereocenters. The van der Waals surface area contributed by atoms with Crippen molar-refractivity contribution in [3.05, 3.63) is 0 Å². The normalized spacial score (nSPS) is 22.7. The summed E-state index contributed by atoms with van der Waals surface area (Å²) >= 11 is 1.68. The first-order valence-corrected chi connectivity index (χ1v) is 6.66. The summed E-state index contributed by atoms with van der Waals surface area (Å²) in [4.78, 5) is 11.4. The minimum atomic E-state index is -0.487. The molecule has 1 unspecified atom stereocenters. The first kappa shape index (κ1) is 12.8. The molecule has 0 spiro atoms. The van der Waals surface area contributed by atoms with Crippen LogP contribution in [0.4, 0.5) is 0 Å². The molecule has 0 aromatic heterocycles. The molecule has 0 aromatic rings. The zero-order valence-electron chi connectivity index (χ0n) is 9.11. The average Bonchev–Trinajstić information content (AvgIpc) is 2.75. The Balaban J connectivity index is 2.11. The Morgan fingerprint density at radius 2 is 2.53 bits per heavy atom. The van der Waals surface area contributed by atoms with Crippen LogP contribution in [-0.4, -0.2) is 43.3 Å². The van der Waals surface area contributed by atoms with Gasteiger partial charge in [0.2, 0.25) is 0 Å². The van der Waals surface area contributed by atoms with Gasteiger partial charge in [0.05, 0.1) is 6.10 Å². The van der Waals surface area contributed by atoms with E-state index >= 15 is 0 Å². The van der Waals surface area contributed by atoms with Gasteiger partial charge in [-0.1, -0.05) is 0 Å². The molecule has 0 bridgehead atoms. The maximum atomic E-state index is 11.4. The van der Waals surface area contributed by atoms with E-state index in [9.17, 15) is 4.79 Å². The van der Waals surface area contributed by atoms with Crippen LogP contribution in [0, 0.1) is 0 Å². The molecule has 88 valence electrons. The van der Waals surface area contributed by atoms with E-state index in [1.807, 2.05) is 6.26 Å². The van der Waals surface area contributed by atoms with Crippen LogP contribution >= 0.6 is 11.8 Å². The molecule has 1 aliphatic rings. The Labute approximate surface area is 94.9 Å². The van der Waals surface area contributed by atoms with Crippen LogP contribution < -0.4 is 5.73 Å². The first-order valence-electron chi connectivity index (χ1n) is 5.26. The maximum Gasteiger partial charge on any atom is 0.323 e. The van der Waals surface area contributed by atoms with Crippen LogP contribution in [0.5, 0.6) is 0 Å². The highest BCUT2D eigenvalue weighted by atomic mass is 32.2. The standard InChI is InChI=1S/C10H19NO3S/c1-15-6-4-9(11)10(12)14-7-8-3-2-5-13-8/h8-9H,2-7,11H2,1H3/t8?,9-/m1/s1. The number of thioether (sulfide) groups is 1. The SMILES string of the molecule is CSCC[C@@H](N)C(=O)OCC1CCCO1. The van der Waals surface area contributed by atoms with Crippen molar-refractivity contribution in [1.29, 1.82) is 0 Å². The molecule has 1 heterocycles. The number of carbonyl (C=O) groups is 1. The van der Waals surface area contributed by atoms with Crippen LogP contribution in [0.1, 0.15) is 19.3 Å². The Bertz CT molecular complexity index is 195. The van der Waals surface area contributed by atoms with Crippen LogP contribution in [0.3, 0.4) is 0 Å². The number of carbonyl (C=O) groups excluding carboxylic acids is 1. The van der Waals surface area contributed by atoms with Crippen molar-refractivity contribution in [1.82, 2.24) is 0 Å². The molecule has 1 rings (SSSR count). The summed E-state index contributed by atoms with van der Waals surface area (Å²) in [7, 11) is 0. The van der Waals surface area contributed by atoms with E-state index in [1.165, 1.54) is 0 Å². The molecule has 5 heteroatoms. The van der Waals surface area contributed by atoms with E-state index in [-0.39, 0.29) is 12.1 Å². The quantitative estimate of drug-likeness (QED) is 0.687. The van der Waals surface area contributed by atoms with E-state index < -0.39 is 6.04 Å². The Morgan fingerprint density at radius 1 is 1.73 bits per heavy atom. The lowest BCUT2D eigenvalue weighted by molar-refractivity contribution is -0.148. The number of ether oxygens (including phenoxy) is 2. The molecule has 1 aliphatic heterocycles. The van der Waals surface area contributed by atoms with Crippen molar-refractivity contribution in [3.8, 4) is 0 Å². The lowest BCUT2D eigenvalue weighted by Gasteiger charge is -2.13. The van der Waals surface area contributed by atoms with Gasteiger partial charge in [0.1, 0.15) is 12.6 Å². The number of esters is 1. The van der Waals surface area contributed by atoms with Crippen molar-refractivity contribution in [2.24, 2.45) is 5.73 Å². The van der Waals surface area contributed by atoms with Gasteiger partial charge in [-0.25, -0.2) is 0 Å². The van der Waals surface area contributed by atoms with Gasteiger partial charge in [-0.2, -0.15) is 11.8 Å². The average molecular weight is 233 g/mol. The van der Waals surface area contributed by atoms with Gasteiger partial charge in [0.15, 0.2) is 0 Å². The molecular formula is C10H19NO3S. The molecule has 0 amide bonds. The minimum Gasteiger partial charge on any atom is -0.462 e. The van der Waals surface area contributed by atoms with Crippen molar-refractivity contribution in [2.75, 3.05) is 25.2 Å². The van der Waals surface area contributed by atoms with Gasteiger partial charge < -0.3 is 15.2 Å². The summed E-state index contributed by atoms with van der Waals surface area (Å²) in [6.07, 6.45) is 4.78. The number of rotatable bonds is 6. The molecule has 1 fully saturated rings. The van der Waals surface area contributed by atoms with Crippen molar-refractivity contribution in [2.45, 2.75) is 31.4 Å². The highest BCUT2D eigenvalue weighted by molar-refractivity contribution is 7.98. The third kappa shape index (κ3) is 4.86. The van der Waals surface area contributed by atoms with Crippen LogP contribution in [0.25, 0.3) is 0 Å². The molecule has 0 aliphatic carbocycles. The van der Waals surface area contributed by atoms with Crippen molar-refractivity contribution >= 4 is 17.7 Å². The van der Waals surface area contributed by atoms with Gasteiger partial charge >= 0.3 is 5.97 Å². The van der Waals surface area contributed by atoms with Crippen LogP contribution in [0.2, 0.25) is 0 Å². The molecule has 4 nitrogen and oxygen atoms in total. The Hall–Kier alpha value is -0.260. The fourth-order valence-corrected chi connectivity index (χ4v) is 1.91. The number of nitrogens with two attached hydrogens (primary N) is 1. The summed E-state index contributed by atoms with van der Waals surface area (Å²) in [6, 6.07) is -0.487. The second-order valence-electron chi connectivity index (χ2n) is 3.65. The first-order chi connectivity index (χ1) is 7.24. The molecular weight excluding hydrogens is 214 g/mol. The fraction of sp³-hybridized carbons (Fsp3) is 0.900. The van der Waals surface area contributed by atoms with Gasteiger partial charge in [-0.05, 0) is 31.3 Å². The molecule has 0 radical (unpaired) electrons. The summed E-state index contributed by atoms with van der Waals surface area (Å²) < 4.78 is 10.4. The van der Waals surface area contributed by atoms with Gasteiger partial charge in [0.25, 0.3) is 0 Å². The molecule has 15 heavy (non-hydrogen) atoms. The van der Waals surface area contributed by atoms with Crippen molar-refractivity contribution in [3.63, 3.8) is 0 Å². The number of hydrogen-bond acceptors (Lipinski definition) is 5. The summed E-state index contributed by atoms with van der Waals surface area (Å²) in [5.74, 6) is 0.579. The van der Waals surface area contributed by atoms with Gasteiger partial charge in [0, 0.05) is 6.61 Å². The summed E-state index contributed by atoms with van der Waals surface area (Å²) in [5.41, 5.74) is 5.66.